The predicted octanol–water partition coefficient (Wildman–Crippen LogP) is 3.64. The molecular weight excluding hydrogens is 279 g/mol. The number of benzene rings is 1. The van der Waals surface area contributed by atoms with Crippen LogP contribution in [0.1, 0.15) is 30.6 Å². The minimum atomic E-state index is -4.40. The van der Waals surface area contributed by atoms with E-state index in [2.05, 4.69) is 10.4 Å². The molecule has 0 aliphatic carbocycles. The molecule has 0 saturated heterocycles. The van der Waals surface area contributed by atoms with E-state index < -0.39 is 11.9 Å². The first-order valence-electron chi connectivity index (χ1n) is 6.89. The molecule has 0 aliphatic rings. The fourth-order valence-corrected chi connectivity index (χ4v) is 2.09. The van der Waals surface area contributed by atoms with Gasteiger partial charge in [-0.1, -0.05) is 37.3 Å². The number of halogens is 3. The summed E-state index contributed by atoms with van der Waals surface area (Å²) in [5.74, 6) is 0. The van der Waals surface area contributed by atoms with Gasteiger partial charge in [-0.2, -0.15) is 18.3 Å². The van der Waals surface area contributed by atoms with E-state index in [4.69, 9.17) is 0 Å². The van der Waals surface area contributed by atoms with E-state index in [1.165, 1.54) is 10.9 Å². The van der Waals surface area contributed by atoms with Gasteiger partial charge in [0.2, 0.25) is 0 Å². The number of rotatable bonds is 6. The van der Waals surface area contributed by atoms with Crippen LogP contribution in [0.15, 0.2) is 42.6 Å². The number of hydrogen-bond donors (Lipinski definition) is 1. The average molecular weight is 297 g/mol. The first-order valence-corrected chi connectivity index (χ1v) is 6.89. The first-order chi connectivity index (χ1) is 10.0. The van der Waals surface area contributed by atoms with Crippen LogP contribution in [0.25, 0.3) is 0 Å². The Hall–Kier alpha value is -1.82. The molecule has 1 atom stereocenters. The Balaban J connectivity index is 2.13. The van der Waals surface area contributed by atoms with Crippen molar-refractivity contribution in [2.45, 2.75) is 32.1 Å². The molecule has 6 heteroatoms. The Bertz CT molecular complexity index is 549. The Morgan fingerprint density at radius 2 is 1.90 bits per heavy atom. The van der Waals surface area contributed by atoms with E-state index in [-0.39, 0.29) is 6.04 Å². The summed E-state index contributed by atoms with van der Waals surface area (Å²) in [6.45, 7) is 3.21. The maximum atomic E-state index is 12.6. The van der Waals surface area contributed by atoms with E-state index in [1.807, 2.05) is 37.3 Å². The van der Waals surface area contributed by atoms with E-state index in [0.717, 1.165) is 24.6 Å². The van der Waals surface area contributed by atoms with Gasteiger partial charge in [0, 0.05) is 6.20 Å². The molecule has 1 N–H and O–H groups in total. The zero-order valence-corrected chi connectivity index (χ0v) is 11.8. The van der Waals surface area contributed by atoms with Gasteiger partial charge in [-0.05, 0) is 24.6 Å². The maximum Gasteiger partial charge on any atom is 0.435 e. The van der Waals surface area contributed by atoms with E-state index >= 15 is 0 Å². The monoisotopic (exact) mass is 297 g/mol. The molecule has 114 valence electrons. The third-order valence-corrected chi connectivity index (χ3v) is 3.14. The fourth-order valence-electron chi connectivity index (χ4n) is 2.09. The van der Waals surface area contributed by atoms with Crippen molar-refractivity contribution in [3.05, 3.63) is 53.9 Å². The van der Waals surface area contributed by atoms with Gasteiger partial charge in [0.15, 0.2) is 5.69 Å². The molecule has 0 bridgehead atoms. The molecule has 0 spiro atoms. The lowest BCUT2D eigenvalue weighted by Crippen LogP contribution is -2.26. The molecule has 2 rings (SSSR count). The topological polar surface area (TPSA) is 29.9 Å². The number of nitrogens with one attached hydrogen (secondary N) is 1. The van der Waals surface area contributed by atoms with Crippen LogP contribution in [-0.4, -0.2) is 16.3 Å². The standard InChI is InChI=1S/C15H18F3N3/c1-2-9-19-13(12-6-4-3-5-7-12)11-21-10-8-14(20-21)15(16,17)18/h3-8,10,13,19H,2,9,11H2,1H3. The third-order valence-electron chi connectivity index (χ3n) is 3.14. The second kappa shape index (κ2) is 6.76. The molecule has 0 saturated carbocycles. The van der Waals surface area contributed by atoms with Crippen molar-refractivity contribution in [1.82, 2.24) is 15.1 Å². The maximum absolute atomic E-state index is 12.6. The summed E-state index contributed by atoms with van der Waals surface area (Å²) in [6, 6.07) is 10.6. The summed E-state index contributed by atoms with van der Waals surface area (Å²) in [4.78, 5) is 0. The lowest BCUT2D eigenvalue weighted by molar-refractivity contribution is -0.141. The van der Waals surface area contributed by atoms with Gasteiger partial charge < -0.3 is 5.32 Å². The summed E-state index contributed by atoms with van der Waals surface area (Å²) in [5.41, 5.74) is 0.180. The number of nitrogens with zero attached hydrogens (tertiary/aromatic N) is 2. The summed E-state index contributed by atoms with van der Waals surface area (Å²) in [5, 5.41) is 6.95. The molecule has 21 heavy (non-hydrogen) atoms. The highest BCUT2D eigenvalue weighted by Gasteiger charge is 2.33. The molecule has 3 nitrogen and oxygen atoms in total. The Labute approximate surface area is 121 Å². The van der Waals surface area contributed by atoms with Crippen LogP contribution in [0, 0.1) is 0 Å². The minimum absolute atomic E-state index is 0.0628. The van der Waals surface area contributed by atoms with Crippen LogP contribution in [0.3, 0.4) is 0 Å². The average Bonchev–Trinajstić information content (AvgIpc) is 2.93. The first kappa shape index (κ1) is 15.6. The fraction of sp³-hybridized carbons (Fsp3) is 0.400. The minimum Gasteiger partial charge on any atom is -0.308 e. The summed E-state index contributed by atoms with van der Waals surface area (Å²) in [6.07, 6.45) is -2.08. The van der Waals surface area contributed by atoms with E-state index in [9.17, 15) is 13.2 Å². The molecule has 1 heterocycles. The molecule has 0 fully saturated rings. The van der Waals surface area contributed by atoms with Crippen molar-refractivity contribution >= 4 is 0 Å². The Morgan fingerprint density at radius 1 is 1.19 bits per heavy atom. The smallest absolute Gasteiger partial charge is 0.308 e. The number of aromatic nitrogens is 2. The van der Waals surface area contributed by atoms with Gasteiger partial charge in [-0.15, -0.1) is 0 Å². The molecular formula is C15H18F3N3. The highest BCUT2D eigenvalue weighted by Crippen LogP contribution is 2.27. The number of hydrogen-bond acceptors (Lipinski definition) is 2. The van der Waals surface area contributed by atoms with Gasteiger partial charge in [0.05, 0.1) is 12.6 Å². The quantitative estimate of drug-likeness (QED) is 0.882. The largest absolute Gasteiger partial charge is 0.435 e. The Kier molecular flexibility index (Phi) is 5.01. The predicted molar refractivity (Wildman–Crippen MR) is 74.7 cm³/mol. The van der Waals surface area contributed by atoms with Crippen LogP contribution in [-0.2, 0) is 12.7 Å². The highest BCUT2D eigenvalue weighted by atomic mass is 19.4. The zero-order chi connectivity index (χ0) is 15.3. The normalized spacial score (nSPS) is 13.3. The highest BCUT2D eigenvalue weighted by molar-refractivity contribution is 5.19. The molecule has 1 aromatic carbocycles. The Morgan fingerprint density at radius 3 is 2.48 bits per heavy atom. The van der Waals surface area contributed by atoms with Crippen LogP contribution in [0.2, 0.25) is 0 Å². The SMILES string of the molecule is CCCNC(Cn1ccc(C(F)(F)F)n1)c1ccccc1. The molecule has 2 aromatic rings. The van der Waals surface area contributed by atoms with Crippen molar-refractivity contribution in [1.29, 1.82) is 0 Å². The van der Waals surface area contributed by atoms with Gasteiger partial charge in [-0.3, -0.25) is 4.68 Å². The molecule has 0 radical (unpaired) electrons. The lowest BCUT2D eigenvalue weighted by atomic mass is 10.1. The second-order valence-corrected chi connectivity index (χ2v) is 4.84. The van der Waals surface area contributed by atoms with Gasteiger partial charge in [0.1, 0.15) is 0 Å². The van der Waals surface area contributed by atoms with E-state index in [0.29, 0.717) is 6.54 Å². The molecule has 1 unspecified atom stereocenters. The van der Waals surface area contributed by atoms with Crippen LogP contribution >= 0.6 is 0 Å². The van der Waals surface area contributed by atoms with Gasteiger partial charge in [0.25, 0.3) is 0 Å². The van der Waals surface area contributed by atoms with Crippen molar-refractivity contribution in [2.75, 3.05) is 6.54 Å². The molecule has 0 amide bonds. The zero-order valence-electron chi connectivity index (χ0n) is 11.8. The summed E-state index contributed by atoms with van der Waals surface area (Å²) < 4.78 is 39.1. The van der Waals surface area contributed by atoms with Crippen molar-refractivity contribution < 1.29 is 13.2 Å². The van der Waals surface area contributed by atoms with Crippen LogP contribution in [0.5, 0.6) is 0 Å². The van der Waals surface area contributed by atoms with Gasteiger partial charge in [-0.25, -0.2) is 0 Å². The summed E-state index contributed by atoms with van der Waals surface area (Å²) in [7, 11) is 0. The van der Waals surface area contributed by atoms with Crippen molar-refractivity contribution in [3.8, 4) is 0 Å². The molecule has 0 aliphatic heterocycles. The van der Waals surface area contributed by atoms with Gasteiger partial charge >= 0.3 is 6.18 Å². The number of alkyl halides is 3. The summed E-state index contributed by atoms with van der Waals surface area (Å²) >= 11 is 0. The second-order valence-electron chi connectivity index (χ2n) is 4.84. The van der Waals surface area contributed by atoms with Crippen LogP contribution in [0.4, 0.5) is 13.2 Å². The van der Waals surface area contributed by atoms with E-state index in [1.54, 1.807) is 0 Å². The third kappa shape index (κ3) is 4.32. The molecule has 1 aromatic heterocycles. The lowest BCUT2D eigenvalue weighted by Gasteiger charge is -2.19. The van der Waals surface area contributed by atoms with Crippen LogP contribution < -0.4 is 5.32 Å². The van der Waals surface area contributed by atoms with Crippen molar-refractivity contribution in [3.63, 3.8) is 0 Å². The van der Waals surface area contributed by atoms with Crippen molar-refractivity contribution in [2.24, 2.45) is 0 Å².